The lowest BCUT2D eigenvalue weighted by molar-refractivity contribution is -0.133. The SMILES string of the molecule is Cc1cnn(CCC(=O)N(Cc2cccs2)CC2CCCO2)c1. The maximum absolute atomic E-state index is 12.7. The highest BCUT2D eigenvalue weighted by Gasteiger charge is 2.23. The highest BCUT2D eigenvalue weighted by molar-refractivity contribution is 7.09. The summed E-state index contributed by atoms with van der Waals surface area (Å²) in [6.07, 6.45) is 6.59. The number of thiophene rings is 1. The molecule has 1 fully saturated rings. The second kappa shape index (κ2) is 7.75. The quantitative estimate of drug-likeness (QED) is 0.783. The Hall–Kier alpha value is -1.66. The zero-order valence-corrected chi connectivity index (χ0v) is 14.3. The molecule has 23 heavy (non-hydrogen) atoms. The van der Waals surface area contributed by atoms with Crippen LogP contribution in [0.3, 0.4) is 0 Å². The second-order valence-corrected chi connectivity index (χ2v) is 7.05. The molecule has 3 heterocycles. The first-order valence-corrected chi connectivity index (χ1v) is 8.99. The molecular weight excluding hydrogens is 310 g/mol. The van der Waals surface area contributed by atoms with Gasteiger partial charge in [-0.15, -0.1) is 11.3 Å². The Kier molecular flexibility index (Phi) is 5.46. The Morgan fingerprint density at radius 2 is 2.48 bits per heavy atom. The number of amides is 1. The summed E-state index contributed by atoms with van der Waals surface area (Å²) < 4.78 is 7.55. The number of ether oxygens (including phenoxy) is 1. The van der Waals surface area contributed by atoms with Gasteiger partial charge in [-0.3, -0.25) is 9.48 Å². The van der Waals surface area contributed by atoms with Crippen molar-refractivity contribution in [3.8, 4) is 0 Å². The average molecular weight is 333 g/mol. The molecule has 1 saturated heterocycles. The summed E-state index contributed by atoms with van der Waals surface area (Å²) in [5.74, 6) is 0.169. The van der Waals surface area contributed by atoms with E-state index in [1.165, 1.54) is 4.88 Å². The van der Waals surface area contributed by atoms with Crippen molar-refractivity contribution in [2.75, 3.05) is 13.2 Å². The largest absolute Gasteiger partial charge is 0.376 e. The molecule has 1 aliphatic rings. The van der Waals surface area contributed by atoms with Crippen LogP contribution in [0, 0.1) is 6.92 Å². The molecule has 0 bridgehead atoms. The van der Waals surface area contributed by atoms with E-state index in [9.17, 15) is 4.79 Å². The van der Waals surface area contributed by atoms with E-state index in [-0.39, 0.29) is 12.0 Å². The Morgan fingerprint density at radius 3 is 3.13 bits per heavy atom. The van der Waals surface area contributed by atoms with E-state index in [2.05, 4.69) is 16.5 Å². The minimum Gasteiger partial charge on any atom is -0.376 e. The zero-order chi connectivity index (χ0) is 16.1. The number of rotatable bonds is 7. The standard InChI is InChI=1S/C17H23N3O2S/c1-14-10-18-20(11-14)7-6-17(21)19(12-15-4-2-8-22-15)13-16-5-3-9-23-16/h3,5,9-11,15H,2,4,6-8,12-13H2,1H3. The van der Waals surface area contributed by atoms with Crippen LogP contribution in [0.2, 0.25) is 0 Å². The molecule has 2 aromatic heterocycles. The van der Waals surface area contributed by atoms with Gasteiger partial charge in [0.05, 0.1) is 18.8 Å². The van der Waals surface area contributed by atoms with E-state index in [1.54, 1.807) is 11.3 Å². The summed E-state index contributed by atoms with van der Waals surface area (Å²) in [6.45, 7) is 4.81. The van der Waals surface area contributed by atoms with E-state index in [0.29, 0.717) is 26.1 Å². The summed E-state index contributed by atoms with van der Waals surface area (Å²) in [5, 5.41) is 6.30. The van der Waals surface area contributed by atoms with Gasteiger partial charge in [-0.2, -0.15) is 5.10 Å². The van der Waals surface area contributed by atoms with Crippen molar-refractivity contribution in [2.45, 2.75) is 45.4 Å². The molecule has 0 spiro atoms. The first kappa shape index (κ1) is 16.2. The molecule has 6 heteroatoms. The number of nitrogens with zero attached hydrogens (tertiary/aromatic N) is 3. The number of hydrogen-bond acceptors (Lipinski definition) is 4. The molecule has 1 atom stereocenters. The van der Waals surface area contributed by atoms with Crippen molar-refractivity contribution in [1.82, 2.24) is 14.7 Å². The minimum atomic E-state index is 0.169. The molecule has 1 aliphatic heterocycles. The summed E-state index contributed by atoms with van der Waals surface area (Å²) in [7, 11) is 0. The van der Waals surface area contributed by atoms with Crippen LogP contribution in [-0.2, 0) is 22.6 Å². The third-order valence-electron chi connectivity index (χ3n) is 4.04. The fourth-order valence-corrected chi connectivity index (χ4v) is 3.56. The molecule has 0 aliphatic carbocycles. The smallest absolute Gasteiger partial charge is 0.224 e. The lowest BCUT2D eigenvalue weighted by Crippen LogP contribution is -2.37. The number of carbonyl (C=O) groups excluding carboxylic acids is 1. The maximum Gasteiger partial charge on any atom is 0.224 e. The summed E-state index contributed by atoms with van der Waals surface area (Å²) >= 11 is 1.69. The summed E-state index contributed by atoms with van der Waals surface area (Å²) in [6, 6.07) is 4.11. The predicted molar refractivity (Wildman–Crippen MR) is 90.3 cm³/mol. The van der Waals surface area contributed by atoms with Gasteiger partial charge in [0.2, 0.25) is 5.91 Å². The highest BCUT2D eigenvalue weighted by Crippen LogP contribution is 2.18. The van der Waals surface area contributed by atoms with Crippen LogP contribution in [-0.4, -0.2) is 39.8 Å². The van der Waals surface area contributed by atoms with Gasteiger partial charge in [0, 0.05) is 37.2 Å². The first-order chi connectivity index (χ1) is 11.2. The molecule has 0 N–H and O–H groups in total. The van der Waals surface area contributed by atoms with E-state index >= 15 is 0 Å². The van der Waals surface area contributed by atoms with Gasteiger partial charge in [-0.05, 0) is 36.8 Å². The van der Waals surface area contributed by atoms with Gasteiger partial charge in [0.1, 0.15) is 0 Å². The van der Waals surface area contributed by atoms with Crippen molar-refractivity contribution >= 4 is 17.2 Å². The molecule has 2 aromatic rings. The topological polar surface area (TPSA) is 47.4 Å². The van der Waals surface area contributed by atoms with Crippen LogP contribution >= 0.6 is 11.3 Å². The number of aryl methyl sites for hydroxylation is 2. The van der Waals surface area contributed by atoms with Crippen LogP contribution in [0.1, 0.15) is 29.7 Å². The zero-order valence-electron chi connectivity index (χ0n) is 13.5. The third-order valence-corrected chi connectivity index (χ3v) is 4.91. The average Bonchev–Trinajstić information content (AvgIpc) is 3.27. The molecule has 3 rings (SSSR count). The van der Waals surface area contributed by atoms with Crippen LogP contribution in [0.4, 0.5) is 0 Å². The molecule has 0 aromatic carbocycles. The van der Waals surface area contributed by atoms with Gasteiger partial charge >= 0.3 is 0 Å². The fraction of sp³-hybridized carbons (Fsp3) is 0.529. The number of hydrogen-bond donors (Lipinski definition) is 0. The number of aromatic nitrogens is 2. The Balaban J connectivity index is 1.59. The lowest BCUT2D eigenvalue weighted by Gasteiger charge is -2.25. The van der Waals surface area contributed by atoms with E-state index in [4.69, 9.17) is 4.74 Å². The van der Waals surface area contributed by atoms with E-state index in [1.807, 2.05) is 35.0 Å². The van der Waals surface area contributed by atoms with Crippen LogP contribution in [0.15, 0.2) is 29.9 Å². The minimum absolute atomic E-state index is 0.169. The predicted octanol–water partition coefficient (Wildman–Crippen LogP) is 2.85. The molecule has 0 saturated carbocycles. The number of carbonyl (C=O) groups is 1. The highest BCUT2D eigenvalue weighted by atomic mass is 32.1. The van der Waals surface area contributed by atoms with Crippen molar-refractivity contribution < 1.29 is 9.53 Å². The van der Waals surface area contributed by atoms with Crippen molar-refractivity contribution in [3.05, 3.63) is 40.3 Å². The van der Waals surface area contributed by atoms with Crippen molar-refractivity contribution in [2.24, 2.45) is 0 Å². The molecule has 1 unspecified atom stereocenters. The van der Waals surface area contributed by atoms with Gasteiger partial charge < -0.3 is 9.64 Å². The Bertz CT molecular complexity index is 618. The van der Waals surface area contributed by atoms with Gasteiger partial charge in [0.25, 0.3) is 0 Å². The second-order valence-electron chi connectivity index (χ2n) is 6.02. The molecule has 0 radical (unpaired) electrons. The molecule has 5 nitrogen and oxygen atoms in total. The summed E-state index contributed by atoms with van der Waals surface area (Å²) in [4.78, 5) is 15.8. The van der Waals surface area contributed by atoms with Crippen molar-refractivity contribution in [3.63, 3.8) is 0 Å². The van der Waals surface area contributed by atoms with Gasteiger partial charge in [-0.1, -0.05) is 6.07 Å². The molecular formula is C17H23N3O2S. The Labute approximate surface area is 140 Å². The molecule has 1 amide bonds. The van der Waals surface area contributed by atoms with Crippen LogP contribution < -0.4 is 0 Å². The first-order valence-electron chi connectivity index (χ1n) is 8.11. The maximum atomic E-state index is 12.7. The van der Waals surface area contributed by atoms with Crippen LogP contribution in [0.25, 0.3) is 0 Å². The molecule has 124 valence electrons. The fourth-order valence-electron chi connectivity index (χ4n) is 2.84. The Morgan fingerprint density at radius 1 is 1.57 bits per heavy atom. The summed E-state index contributed by atoms with van der Waals surface area (Å²) in [5.41, 5.74) is 1.12. The van der Waals surface area contributed by atoms with Crippen molar-refractivity contribution in [1.29, 1.82) is 0 Å². The van der Waals surface area contributed by atoms with Gasteiger partial charge in [0.15, 0.2) is 0 Å². The normalized spacial score (nSPS) is 17.5. The lowest BCUT2D eigenvalue weighted by atomic mass is 10.2. The third kappa shape index (κ3) is 4.65. The monoisotopic (exact) mass is 333 g/mol. The van der Waals surface area contributed by atoms with Crippen LogP contribution in [0.5, 0.6) is 0 Å². The van der Waals surface area contributed by atoms with E-state index < -0.39 is 0 Å². The van der Waals surface area contributed by atoms with Gasteiger partial charge in [-0.25, -0.2) is 0 Å². The van der Waals surface area contributed by atoms with E-state index in [0.717, 1.165) is 25.0 Å².